The summed E-state index contributed by atoms with van der Waals surface area (Å²) in [7, 11) is 3.96. The van der Waals surface area contributed by atoms with Gasteiger partial charge < -0.3 is 44.7 Å². The molecule has 1 saturated heterocycles. The number of ether oxygens (including phenoxy) is 4. The first-order chi connectivity index (χ1) is 32.1. The van der Waals surface area contributed by atoms with Crippen LogP contribution in [-0.2, 0) is 51.0 Å². The van der Waals surface area contributed by atoms with E-state index in [-0.39, 0.29) is 45.5 Å². The molecule has 0 radical (unpaired) electrons. The minimum absolute atomic E-state index is 0.0301. The van der Waals surface area contributed by atoms with Crippen LogP contribution in [0.1, 0.15) is 77.3 Å². The molecule has 3 aromatic rings. The molecule has 6 amide bonds. The topological polar surface area (TPSA) is 194 Å². The summed E-state index contributed by atoms with van der Waals surface area (Å²) in [5.41, 5.74) is 0.00221. The van der Waals surface area contributed by atoms with Crippen LogP contribution in [0.15, 0.2) is 84.9 Å². The first-order valence-corrected chi connectivity index (χ1v) is 23.4. The zero-order valence-electron chi connectivity index (χ0n) is 40.2. The van der Waals surface area contributed by atoms with E-state index in [9.17, 15) is 24.0 Å². The molecular weight excluding hydrogens is 857 g/mol. The van der Waals surface area contributed by atoms with Gasteiger partial charge in [-0.05, 0) is 82.9 Å². The highest BCUT2D eigenvalue weighted by Crippen LogP contribution is 2.32. The number of hydrogen-bond acceptors (Lipinski definition) is 11. The molecule has 1 heterocycles. The monoisotopic (exact) mass is 929 g/mol. The van der Waals surface area contributed by atoms with Gasteiger partial charge in [0.25, 0.3) is 5.91 Å². The number of morpholine rings is 1. The van der Waals surface area contributed by atoms with E-state index in [0.717, 1.165) is 43.4 Å². The highest BCUT2D eigenvalue weighted by atomic mass is 16.6. The van der Waals surface area contributed by atoms with E-state index < -0.39 is 65.5 Å². The first-order valence-electron chi connectivity index (χ1n) is 23.4. The van der Waals surface area contributed by atoms with Crippen molar-refractivity contribution in [3.05, 3.63) is 96.1 Å². The van der Waals surface area contributed by atoms with Crippen molar-refractivity contribution in [1.82, 2.24) is 31.1 Å². The maximum atomic E-state index is 15.8. The van der Waals surface area contributed by atoms with Gasteiger partial charge in [-0.25, -0.2) is 14.4 Å². The van der Waals surface area contributed by atoms with E-state index in [1.165, 1.54) is 4.90 Å². The van der Waals surface area contributed by atoms with Gasteiger partial charge in [0.05, 0.1) is 19.8 Å². The zero-order valence-corrected chi connectivity index (χ0v) is 40.2. The van der Waals surface area contributed by atoms with Crippen LogP contribution >= 0.6 is 0 Å². The molecule has 67 heavy (non-hydrogen) atoms. The van der Waals surface area contributed by atoms with Crippen molar-refractivity contribution < 1.29 is 47.7 Å². The number of carbonyl (C=O) groups is 6. The normalized spacial score (nSPS) is 14.5. The molecule has 16 nitrogen and oxygen atoms in total. The Bertz CT molecular complexity index is 2020. The van der Waals surface area contributed by atoms with Gasteiger partial charge in [0, 0.05) is 51.4 Å². The fraction of sp³-hybridized carbons (Fsp3) is 0.529. The largest absolute Gasteiger partial charge is 0.464 e. The highest BCUT2D eigenvalue weighted by Gasteiger charge is 2.49. The number of benzene rings is 3. The third-order valence-corrected chi connectivity index (χ3v) is 11.2. The molecule has 0 aromatic heterocycles. The smallest absolute Gasteiger partial charge is 0.407 e. The lowest BCUT2D eigenvalue weighted by atomic mass is 9.76. The van der Waals surface area contributed by atoms with E-state index in [0.29, 0.717) is 37.4 Å². The Kier molecular flexibility index (Phi) is 22.2. The van der Waals surface area contributed by atoms with Gasteiger partial charge in [0.15, 0.2) is 0 Å². The average molecular weight is 929 g/mol. The molecule has 366 valence electrons. The minimum Gasteiger partial charge on any atom is -0.464 e. The number of urea groups is 1. The molecule has 0 saturated carbocycles. The Labute approximate surface area is 396 Å². The molecule has 0 bridgehead atoms. The molecule has 1 aliphatic rings. The van der Waals surface area contributed by atoms with Gasteiger partial charge in [0.1, 0.15) is 23.8 Å². The van der Waals surface area contributed by atoms with Crippen molar-refractivity contribution in [2.24, 2.45) is 5.92 Å². The van der Waals surface area contributed by atoms with Gasteiger partial charge in [-0.3, -0.25) is 19.7 Å². The second kappa shape index (κ2) is 27.7. The second-order valence-electron chi connectivity index (χ2n) is 18.1. The SMILES string of the molecule is CCCCCC(=O)NC(Cc1ccccc1-c1ccccc1)(C(=O)NC(Cc1ccccc1)C(=O)NC(=O)N1CCOCC1)C(CNC(=O)OC(C)(C)C)COC(=O)COCCCCN(C)C. The van der Waals surface area contributed by atoms with Gasteiger partial charge in [0.2, 0.25) is 11.8 Å². The Morgan fingerprint density at radius 3 is 2.18 bits per heavy atom. The summed E-state index contributed by atoms with van der Waals surface area (Å²) in [4.78, 5) is 88.4. The number of hydrogen-bond donors (Lipinski definition) is 4. The Hall–Kier alpha value is -5.84. The van der Waals surface area contributed by atoms with Crippen molar-refractivity contribution in [3.8, 4) is 11.1 Å². The number of esters is 1. The lowest BCUT2D eigenvalue weighted by Crippen LogP contribution is -2.69. The van der Waals surface area contributed by atoms with Crippen LogP contribution in [0.5, 0.6) is 0 Å². The summed E-state index contributed by atoms with van der Waals surface area (Å²) < 4.78 is 22.6. The van der Waals surface area contributed by atoms with Crippen molar-refractivity contribution in [3.63, 3.8) is 0 Å². The van der Waals surface area contributed by atoms with E-state index in [4.69, 9.17) is 18.9 Å². The predicted molar refractivity (Wildman–Crippen MR) is 256 cm³/mol. The maximum Gasteiger partial charge on any atom is 0.407 e. The van der Waals surface area contributed by atoms with E-state index >= 15 is 4.79 Å². The molecule has 3 atom stereocenters. The van der Waals surface area contributed by atoms with Crippen LogP contribution in [0.4, 0.5) is 9.59 Å². The fourth-order valence-corrected chi connectivity index (χ4v) is 7.64. The third kappa shape index (κ3) is 18.8. The van der Waals surface area contributed by atoms with Crippen molar-refractivity contribution in [2.75, 3.05) is 73.3 Å². The summed E-state index contributed by atoms with van der Waals surface area (Å²) >= 11 is 0. The summed E-state index contributed by atoms with van der Waals surface area (Å²) in [6.45, 7) is 8.32. The zero-order chi connectivity index (χ0) is 48.7. The first kappa shape index (κ1) is 53.8. The molecule has 1 aliphatic heterocycles. The van der Waals surface area contributed by atoms with Crippen LogP contribution in [0.25, 0.3) is 11.1 Å². The van der Waals surface area contributed by atoms with Crippen molar-refractivity contribution in [1.29, 1.82) is 0 Å². The van der Waals surface area contributed by atoms with E-state index in [2.05, 4.69) is 26.2 Å². The molecule has 1 fully saturated rings. The number of nitrogens with one attached hydrogen (secondary N) is 4. The molecule has 0 aliphatic carbocycles. The van der Waals surface area contributed by atoms with Gasteiger partial charge in [-0.15, -0.1) is 0 Å². The lowest BCUT2D eigenvalue weighted by Gasteiger charge is -2.41. The van der Waals surface area contributed by atoms with Crippen LogP contribution in [0.3, 0.4) is 0 Å². The minimum atomic E-state index is -2.03. The Balaban J connectivity index is 1.86. The lowest BCUT2D eigenvalue weighted by molar-refractivity contribution is -0.153. The van der Waals surface area contributed by atoms with E-state index in [1.807, 2.05) is 81.7 Å². The summed E-state index contributed by atoms with van der Waals surface area (Å²) in [5.74, 6) is -3.95. The molecule has 3 unspecified atom stereocenters. The number of imide groups is 1. The van der Waals surface area contributed by atoms with Gasteiger partial charge >= 0.3 is 18.1 Å². The van der Waals surface area contributed by atoms with Crippen LogP contribution < -0.4 is 21.3 Å². The average Bonchev–Trinajstić information content (AvgIpc) is 3.30. The molecule has 3 aromatic carbocycles. The number of amides is 6. The summed E-state index contributed by atoms with van der Waals surface area (Å²) in [6, 6.07) is 24.0. The Morgan fingerprint density at radius 2 is 1.51 bits per heavy atom. The number of nitrogens with zero attached hydrogens (tertiary/aromatic N) is 2. The molecule has 4 rings (SSSR count). The standard InChI is InChI=1S/C51H72N6O10/c1-7-8-11-26-44(58)55-51(34-40-24-16-17-25-42(40)39-22-14-10-15-23-39,41(35-52-49(63)67-50(2,3)4)36-66-45(59)37-65-30-19-18-27-56(5)6)47(61)53-43(33-38-20-12-9-13-21-38)46(60)54-48(62)57-28-31-64-32-29-57/h9-10,12-17,20-25,41,43H,7-8,11,18-19,26-37H2,1-6H3,(H,52,63)(H,53,61)(H,55,58)(H,54,60,62). The summed E-state index contributed by atoms with van der Waals surface area (Å²) in [5, 5.41) is 11.3. The number of unbranched alkanes of at least 4 members (excludes halogenated alkanes) is 3. The predicted octanol–water partition coefficient (Wildman–Crippen LogP) is 5.67. The van der Waals surface area contributed by atoms with Crippen LogP contribution in [0, 0.1) is 5.92 Å². The number of carbonyl (C=O) groups excluding carboxylic acids is 6. The quantitative estimate of drug-likeness (QED) is 0.0605. The Morgan fingerprint density at radius 1 is 0.836 bits per heavy atom. The van der Waals surface area contributed by atoms with Gasteiger partial charge in [-0.1, -0.05) is 105 Å². The molecule has 4 N–H and O–H groups in total. The third-order valence-electron chi connectivity index (χ3n) is 11.2. The summed E-state index contributed by atoms with van der Waals surface area (Å²) in [6.07, 6.45) is 2.72. The molecule has 0 spiro atoms. The molecular formula is C51H72N6O10. The number of alkyl carbamates (subject to hydrolysis) is 1. The van der Waals surface area contributed by atoms with E-state index in [1.54, 1.807) is 45.0 Å². The molecule has 16 heteroatoms. The van der Waals surface area contributed by atoms with Crippen LogP contribution in [0.2, 0.25) is 0 Å². The fourth-order valence-electron chi connectivity index (χ4n) is 7.64. The highest BCUT2D eigenvalue weighted by molar-refractivity contribution is 6.01. The van der Waals surface area contributed by atoms with Crippen molar-refractivity contribution >= 4 is 35.8 Å². The van der Waals surface area contributed by atoms with Gasteiger partial charge in [-0.2, -0.15) is 0 Å². The van der Waals surface area contributed by atoms with Crippen LogP contribution in [-0.4, -0.2) is 136 Å². The second-order valence-corrected chi connectivity index (χ2v) is 18.1. The van der Waals surface area contributed by atoms with Crippen molar-refractivity contribution in [2.45, 2.75) is 96.2 Å². The maximum absolute atomic E-state index is 15.8. The number of rotatable bonds is 25.